The van der Waals surface area contributed by atoms with E-state index in [4.69, 9.17) is 4.74 Å². The molecule has 1 aliphatic rings. The highest BCUT2D eigenvalue weighted by atomic mass is 16.5. The van der Waals surface area contributed by atoms with E-state index >= 15 is 0 Å². The summed E-state index contributed by atoms with van der Waals surface area (Å²) >= 11 is 0. The number of rotatable bonds is 4. The van der Waals surface area contributed by atoms with Crippen LogP contribution in [0.25, 0.3) is 0 Å². The fourth-order valence-electron chi connectivity index (χ4n) is 2.90. The van der Waals surface area contributed by atoms with Crippen LogP contribution in [0.4, 0.5) is 0 Å². The summed E-state index contributed by atoms with van der Waals surface area (Å²) in [7, 11) is 3.53. The maximum Gasteiger partial charge on any atom is 0.191 e. The van der Waals surface area contributed by atoms with Crippen molar-refractivity contribution in [2.45, 2.75) is 59.2 Å². The maximum atomic E-state index is 5.59. The fourth-order valence-corrected chi connectivity index (χ4v) is 2.90. The van der Waals surface area contributed by atoms with Gasteiger partial charge in [0.05, 0.1) is 12.1 Å². The van der Waals surface area contributed by atoms with Crippen molar-refractivity contribution in [1.29, 1.82) is 0 Å². The molecule has 0 aliphatic carbocycles. The van der Waals surface area contributed by atoms with Crippen LogP contribution in [0.2, 0.25) is 0 Å². The Balaban J connectivity index is 1.98. The Bertz CT molecular complexity index is 545. The van der Waals surface area contributed by atoms with E-state index in [1.165, 1.54) is 0 Å². The largest absolute Gasteiger partial charge is 0.379 e. The molecule has 130 valence electrons. The van der Waals surface area contributed by atoms with Gasteiger partial charge in [-0.05, 0) is 25.2 Å². The van der Waals surface area contributed by atoms with Gasteiger partial charge in [0.25, 0.3) is 0 Å². The van der Waals surface area contributed by atoms with Crippen LogP contribution in [0.1, 0.15) is 51.3 Å². The summed E-state index contributed by atoms with van der Waals surface area (Å²) in [6.07, 6.45) is 2.23. The average Bonchev–Trinajstić information content (AvgIpc) is 2.86. The molecule has 0 spiro atoms. The lowest BCUT2D eigenvalue weighted by Gasteiger charge is -2.31. The third-order valence-electron chi connectivity index (χ3n) is 4.22. The molecular formula is C16H30N6O. The van der Waals surface area contributed by atoms with Gasteiger partial charge < -0.3 is 15.4 Å². The van der Waals surface area contributed by atoms with Gasteiger partial charge >= 0.3 is 0 Å². The van der Waals surface area contributed by atoms with Crippen LogP contribution in [-0.2, 0) is 11.3 Å². The van der Waals surface area contributed by atoms with E-state index in [1.807, 2.05) is 11.6 Å². The Morgan fingerprint density at radius 2 is 2.22 bits per heavy atom. The summed E-state index contributed by atoms with van der Waals surface area (Å²) in [5.41, 5.74) is 0.0721. The van der Waals surface area contributed by atoms with Gasteiger partial charge in [0.1, 0.15) is 11.6 Å². The highest BCUT2D eigenvalue weighted by Crippen LogP contribution is 2.23. The van der Waals surface area contributed by atoms with Gasteiger partial charge in [-0.1, -0.05) is 20.8 Å². The van der Waals surface area contributed by atoms with E-state index in [9.17, 15) is 0 Å². The molecular weight excluding hydrogens is 292 g/mol. The van der Waals surface area contributed by atoms with Crippen molar-refractivity contribution >= 4 is 5.96 Å². The predicted octanol–water partition coefficient (Wildman–Crippen LogP) is 1.65. The van der Waals surface area contributed by atoms with E-state index in [2.05, 4.69) is 46.5 Å². The van der Waals surface area contributed by atoms with Crippen LogP contribution in [0.5, 0.6) is 0 Å². The van der Waals surface area contributed by atoms with E-state index in [0.29, 0.717) is 6.54 Å². The van der Waals surface area contributed by atoms with E-state index in [1.54, 1.807) is 14.2 Å². The molecule has 7 nitrogen and oxygen atoms in total. The molecule has 0 fully saturated rings. The van der Waals surface area contributed by atoms with Crippen molar-refractivity contribution in [2.24, 2.45) is 10.4 Å². The number of nitrogens with one attached hydrogen (secondary N) is 2. The minimum absolute atomic E-state index is 0.0721. The van der Waals surface area contributed by atoms with Gasteiger partial charge in [0, 0.05) is 27.2 Å². The minimum atomic E-state index is 0.0721. The van der Waals surface area contributed by atoms with Crippen LogP contribution >= 0.6 is 0 Å². The summed E-state index contributed by atoms with van der Waals surface area (Å²) in [6.45, 7) is 10.1. The van der Waals surface area contributed by atoms with Crippen molar-refractivity contribution < 1.29 is 4.74 Å². The quantitative estimate of drug-likeness (QED) is 0.651. The third-order valence-corrected chi connectivity index (χ3v) is 4.22. The van der Waals surface area contributed by atoms with Crippen LogP contribution in [0.15, 0.2) is 4.99 Å². The van der Waals surface area contributed by atoms with Crippen LogP contribution in [0, 0.1) is 12.3 Å². The van der Waals surface area contributed by atoms with Gasteiger partial charge in [-0.25, -0.2) is 9.67 Å². The SMILES string of the molecule is CN=C(NCC(OC)C(C)(C)C)NC1CCCn2nc(C)nc21. The zero-order valence-corrected chi connectivity index (χ0v) is 15.2. The van der Waals surface area contributed by atoms with Crippen molar-refractivity contribution in [2.75, 3.05) is 20.7 Å². The molecule has 0 radical (unpaired) electrons. The van der Waals surface area contributed by atoms with Gasteiger partial charge in [0.2, 0.25) is 0 Å². The Morgan fingerprint density at radius 1 is 1.48 bits per heavy atom. The first-order valence-electron chi connectivity index (χ1n) is 8.26. The predicted molar refractivity (Wildman–Crippen MR) is 91.5 cm³/mol. The number of aromatic nitrogens is 3. The summed E-state index contributed by atoms with van der Waals surface area (Å²) < 4.78 is 7.58. The molecule has 2 atom stereocenters. The van der Waals surface area contributed by atoms with Crippen LogP contribution in [0.3, 0.4) is 0 Å². The number of hydrogen-bond acceptors (Lipinski definition) is 4. The second-order valence-electron chi connectivity index (χ2n) is 7.12. The number of fused-ring (bicyclic) bond motifs is 1. The normalized spacial score (nSPS) is 20.1. The minimum Gasteiger partial charge on any atom is -0.379 e. The average molecular weight is 322 g/mol. The van der Waals surface area contributed by atoms with Crippen LogP contribution in [-0.4, -0.2) is 47.5 Å². The Hall–Kier alpha value is -1.63. The monoisotopic (exact) mass is 322 g/mol. The number of hydrogen-bond donors (Lipinski definition) is 2. The lowest BCUT2D eigenvalue weighted by Crippen LogP contribution is -2.47. The third kappa shape index (κ3) is 4.43. The lowest BCUT2D eigenvalue weighted by molar-refractivity contribution is 0.0205. The van der Waals surface area contributed by atoms with E-state index in [-0.39, 0.29) is 17.6 Å². The Morgan fingerprint density at radius 3 is 2.83 bits per heavy atom. The Kier molecular flexibility index (Phi) is 5.62. The fraction of sp³-hybridized carbons (Fsp3) is 0.812. The summed E-state index contributed by atoms with van der Waals surface area (Å²) in [4.78, 5) is 8.88. The first-order valence-corrected chi connectivity index (χ1v) is 8.26. The van der Waals surface area contributed by atoms with E-state index in [0.717, 1.165) is 37.0 Å². The standard InChI is InChI=1S/C16H30N6O/c1-11-19-14-12(8-7-9-22(14)21-11)20-15(17-5)18-10-13(23-6)16(2,3)4/h12-13H,7-10H2,1-6H3,(H2,17,18,20). The van der Waals surface area contributed by atoms with E-state index < -0.39 is 0 Å². The zero-order chi connectivity index (χ0) is 17.0. The van der Waals surface area contributed by atoms with Gasteiger partial charge in [-0.15, -0.1) is 0 Å². The smallest absolute Gasteiger partial charge is 0.191 e. The first kappa shape index (κ1) is 17.7. The van der Waals surface area contributed by atoms with Gasteiger partial charge in [0.15, 0.2) is 5.96 Å². The Labute approximate surface area is 138 Å². The number of nitrogens with zero attached hydrogens (tertiary/aromatic N) is 4. The second kappa shape index (κ2) is 7.29. The topological polar surface area (TPSA) is 76.4 Å². The molecule has 2 heterocycles. The molecule has 0 amide bonds. The number of guanidine groups is 1. The lowest BCUT2D eigenvalue weighted by atomic mass is 9.89. The number of methoxy groups -OCH3 is 1. The number of ether oxygens (including phenoxy) is 1. The molecule has 2 unspecified atom stereocenters. The van der Waals surface area contributed by atoms with Crippen molar-refractivity contribution in [3.8, 4) is 0 Å². The molecule has 7 heteroatoms. The molecule has 0 bridgehead atoms. The molecule has 1 aliphatic heterocycles. The summed E-state index contributed by atoms with van der Waals surface area (Å²) in [6, 6.07) is 0.145. The van der Waals surface area contributed by atoms with Gasteiger partial charge in [-0.2, -0.15) is 5.10 Å². The molecule has 23 heavy (non-hydrogen) atoms. The molecule has 1 aromatic rings. The molecule has 0 aromatic carbocycles. The van der Waals surface area contributed by atoms with Crippen molar-refractivity contribution in [3.63, 3.8) is 0 Å². The first-order chi connectivity index (χ1) is 10.8. The number of aliphatic imine (C=N–C) groups is 1. The second-order valence-corrected chi connectivity index (χ2v) is 7.12. The molecule has 1 aromatic heterocycles. The van der Waals surface area contributed by atoms with Crippen molar-refractivity contribution in [1.82, 2.24) is 25.4 Å². The number of aryl methyl sites for hydroxylation is 2. The van der Waals surface area contributed by atoms with Crippen molar-refractivity contribution in [3.05, 3.63) is 11.6 Å². The summed E-state index contributed by atoms with van der Waals surface area (Å²) in [5.74, 6) is 2.59. The molecule has 2 N–H and O–H groups in total. The summed E-state index contributed by atoms with van der Waals surface area (Å²) in [5, 5.41) is 11.3. The van der Waals surface area contributed by atoms with Gasteiger partial charge in [-0.3, -0.25) is 4.99 Å². The zero-order valence-electron chi connectivity index (χ0n) is 15.2. The maximum absolute atomic E-state index is 5.59. The molecule has 2 rings (SSSR count). The molecule has 0 saturated carbocycles. The highest BCUT2D eigenvalue weighted by molar-refractivity contribution is 5.80. The highest BCUT2D eigenvalue weighted by Gasteiger charge is 2.26. The van der Waals surface area contributed by atoms with Crippen LogP contribution < -0.4 is 10.6 Å². The molecule has 0 saturated heterocycles.